The Morgan fingerprint density at radius 2 is 1.57 bits per heavy atom. The molecule has 0 atom stereocenters. The van der Waals surface area contributed by atoms with Crippen LogP contribution in [0, 0.1) is 11.3 Å². The summed E-state index contributed by atoms with van der Waals surface area (Å²) in [6.07, 6.45) is -0.139. The first-order chi connectivity index (χ1) is 11.0. The van der Waals surface area contributed by atoms with Gasteiger partial charge in [-0.25, -0.2) is 4.57 Å². The van der Waals surface area contributed by atoms with Gasteiger partial charge in [0.25, 0.3) is 0 Å². The zero-order valence-electron chi connectivity index (χ0n) is 11.9. The Kier molecular flexibility index (Phi) is 6.32. The van der Waals surface area contributed by atoms with Crippen LogP contribution >= 0.6 is 30.8 Å². The molecule has 0 saturated heterocycles. The lowest BCUT2D eigenvalue weighted by Gasteiger charge is -2.20. The molecule has 0 amide bonds. The van der Waals surface area contributed by atoms with E-state index in [4.69, 9.17) is 37.5 Å². The normalized spacial score (nSPS) is 10.8. The van der Waals surface area contributed by atoms with E-state index in [0.29, 0.717) is 21.5 Å². The van der Waals surface area contributed by atoms with E-state index in [2.05, 4.69) is 5.32 Å². The van der Waals surface area contributed by atoms with E-state index in [1.54, 1.807) is 36.4 Å². The lowest BCUT2D eigenvalue weighted by atomic mass is 10.3. The number of benzene rings is 2. The van der Waals surface area contributed by atoms with Gasteiger partial charge in [0.1, 0.15) is 17.8 Å². The lowest BCUT2D eigenvalue weighted by molar-refractivity contribution is 0.382. The van der Waals surface area contributed by atoms with Gasteiger partial charge in [0.2, 0.25) is 0 Å². The molecule has 0 fully saturated rings. The maximum atomic E-state index is 12.9. The Balaban J connectivity index is 2.21. The molecule has 8 heteroatoms. The van der Waals surface area contributed by atoms with E-state index >= 15 is 0 Å². The average molecular weight is 371 g/mol. The molecule has 2 aromatic carbocycles. The van der Waals surface area contributed by atoms with Crippen LogP contribution in [0.2, 0.25) is 10.0 Å². The molecule has 0 aliphatic rings. The van der Waals surface area contributed by atoms with Crippen LogP contribution in [0.5, 0.6) is 11.5 Å². The predicted molar refractivity (Wildman–Crippen MR) is 90.2 cm³/mol. The molecule has 1 N–H and O–H groups in total. The molecule has 120 valence electrons. The topological polar surface area (TPSA) is 71.4 Å². The van der Waals surface area contributed by atoms with Crippen LogP contribution in [0.25, 0.3) is 0 Å². The number of nitriles is 1. The summed E-state index contributed by atoms with van der Waals surface area (Å²) in [5.41, 5.74) is 0. The minimum atomic E-state index is -3.61. The highest BCUT2D eigenvalue weighted by atomic mass is 35.5. The van der Waals surface area contributed by atoms with Gasteiger partial charge in [-0.2, -0.15) is 5.26 Å². The molecule has 0 radical (unpaired) electrons. The van der Waals surface area contributed by atoms with Gasteiger partial charge < -0.3 is 9.05 Å². The quantitative estimate of drug-likeness (QED) is 0.433. The molecule has 0 unspecified atom stereocenters. The van der Waals surface area contributed by atoms with E-state index in [1.807, 2.05) is 6.07 Å². The lowest BCUT2D eigenvalue weighted by Crippen LogP contribution is -2.20. The Hall–Kier alpha value is -1.70. The highest BCUT2D eigenvalue weighted by Gasteiger charge is 2.28. The van der Waals surface area contributed by atoms with Crippen LogP contribution in [0.1, 0.15) is 0 Å². The molecule has 0 saturated carbocycles. The van der Waals surface area contributed by atoms with Crippen molar-refractivity contribution in [2.24, 2.45) is 0 Å². The number of rotatable bonds is 7. The van der Waals surface area contributed by atoms with Crippen molar-refractivity contribution in [1.82, 2.24) is 5.32 Å². The maximum Gasteiger partial charge on any atom is 0.444 e. The highest BCUT2D eigenvalue weighted by molar-refractivity contribution is 7.54. The fourth-order valence-corrected chi connectivity index (χ4v) is 3.48. The summed E-state index contributed by atoms with van der Waals surface area (Å²) in [4.78, 5) is 0. The van der Waals surface area contributed by atoms with Crippen LogP contribution in [-0.2, 0) is 4.57 Å². The molecule has 0 aliphatic carbocycles. The molecule has 0 aromatic heterocycles. The first kappa shape index (κ1) is 17.7. The number of hydrogen-bond acceptors (Lipinski definition) is 5. The summed E-state index contributed by atoms with van der Waals surface area (Å²) in [5, 5.41) is 12.2. The molecule has 2 aromatic rings. The average Bonchev–Trinajstić information content (AvgIpc) is 2.47. The van der Waals surface area contributed by atoms with Gasteiger partial charge in [0, 0.05) is 10.0 Å². The third kappa shape index (κ3) is 5.78. The number of halogens is 2. The Labute approximate surface area is 144 Å². The van der Waals surface area contributed by atoms with Gasteiger partial charge in [0.05, 0.1) is 12.6 Å². The van der Waals surface area contributed by atoms with E-state index < -0.39 is 7.60 Å². The minimum absolute atomic E-state index is 0.0157. The zero-order chi connectivity index (χ0) is 16.7. The van der Waals surface area contributed by atoms with Gasteiger partial charge >= 0.3 is 7.60 Å². The zero-order valence-corrected chi connectivity index (χ0v) is 14.3. The summed E-state index contributed by atoms with van der Waals surface area (Å²) in [6, 6.07) is 14.9. The molecule has 0 aliphatic heterocycles. The van der Waals surface area contributed by atoms with E-state index in [-0.39, 0.29) is 12.8 Å². The van der Waals surface area contributed by atoms with E-state index in [9.17, 15) is 4.57 Å². The first-order valence-electron chi connectivity index (χ1n) is 6.58. The smallest absolute Gasteiger partial charge is 0.415 e. The fourth-order valence-electron chi connectivity index (χ4n) is 1.70. The molecule has 23 heavy (non-hydrogen) atoms. The van der Waals surface area contributed by atoms with Crippen LogP contribution in [0.15, 0.2) is 48.5 Å². The van der Waals surface area contributed by atoms with Crippen molar-refractivity contribution >= 4 is 30.8 Å². The van der Waals surface area contributed by atoms with E-state index in [1.165, 1.54) is 12.1 Å². The maximum absolute atomic E-state index is 12.9. The predicted octanol–water partition coefficient (Wildman–Crippen LogP) is 4.71. The van der Waals surface area contributed by atoms with Gasteiger partial charge in [-0.05, 0) is 36.4 Å². The summed E-state index contributed by atoms with van der Waals surface area (Å²) in [6.45, 7) is 0.0157. The van der Waals surface area contributed by atoms with Gasteiger partial charge in [0.15, 0.2) is 0 Å². The molecule has 0 bridgehead atoms. The second-order valence-corrected chi connectivity index (χ2v) is 7.23. The first-order valence-corrected chi connectivity index (χ1v) is 9.06. The van der Waals surface area contributed by atoms with Crippen LogP contribution in [-0.4, -0.2) is 12.8 Å². The van der Waals surface area contributed by atoms with Crippen LogP contribution in [0.4, 0.5) is 0 Å². The monoisotopic (exact) mass is 370 g/mol. The van der Waals surface area contributed by atoms with Crippen molar-refractivity contribution in [3.63, 3.8) is 0 Å². The van der Waals surface area contributed by atoms with Crippen molar-refractivity contribution < 1.29 is 13.6 Å². The molecule has 0 spiro atoms. The molecular weight excluding hydrogens is 358 g/mol. The van der Waals surface area contributed by atoms with Crippen molar-refractivity contribution in [1.29, 1.82) is 5.26 Å². The summed E-state index contributed by atoms with van der Waals surface area (Å²) in [5.74, 6) is 0.614. The Bertz CT molecular complexity index is 713. The van der Waals surface area contributed by atoms with Crippen molar-refractivity contribution in [2.75, 3.05) is 12.8 Å². The second-order valence-electron chi connectivity index (χ2n) is 4.45. The van der Waals surface area contributed by atoms with Crippen molar-refractivity contribution in [2.45, 2.75) is 0 Å². The standard InChI is InChI=1S/C15H13Cl2N2O3P/c16-12-3-1-5-14(9-12)21-23(20,11-19-8-7-18)22-15-6-2-4-13(17)10-15/h1-6,9-10,19H,8,11H2. The fraction of sp³-hybridized carbons (Fsp3) is 0.133. The summed E-state index contributed by atoms with van der Waals surface area (Å²) >= 11 is 11.8. The highest BCUT2D eigenvalue weighted by Crippen LogP contribution is 2.48. The van der Waals surface area contributed by atoms with Gasteiger partial charge in [-0.1, -0.05) is 35.3 Å². The molecule has 0 heterocycles. The van der Waals surface area contributed by atoms with Crippen molar-refractivity contribution in [3.05, 3.63) is 58.6 Å². The van der Waals surface area contributed by atoms with Crippen LogP contribution in [0.3, 0.4) is 0 Å². The van der Waals surface area contributed by atoms with Gasteiger partial charge in [-0.15, -0.1) is 0 Å². The Morgan fingerprint density at radius 3 is 2.00 bits per heavy atom. The summed E-state index contributed by atoms with van der Waals surface area (Å²) in [7, 11) is -3.61. The second kappa shape index (κ2) is 8.24. The van der Waals surface area contributed by atoms with Crippen molar-refractivity contribution in [3.8, 4) is 17.6 Å². The van der Waals surface area contributed by atoms with Crippen LogP contribution < -0.4 is 14.4 Å². The molecule has 2 rings (SSSR count). The largest absolute Gasteiger partial charge is 0.444 e. The number of nitrogens with one attached hydrogen (secondary N) is 1. The SMILES string of the molecule is N#CCNCP(=O)(Oc1cccc(Cl)c1)Oc1cccc(Cl)c1. The van der Waals surface area contributed by atoms with E-state index in [0.717, 1.165) is 0 Å². The number of nitrogens with zero attached hydrogens (tertiary/aromatic N) is 1. The third-order valence-corrected chi connectivity index (χ3v) is 4.65. The summed E-state index contributed by atoms with van der Waals surface area (Å²) < 4.78 is 24.0. The Morgan fingerprint density at radius 1 is 1.04 bits per heavy atom. The third-order valence-electron chi connectivity index (χ3n) is 2.59. The van der Waals surface area contributed by atoms with Gasteiger partial charge in [-0.3, -0.25) is 5.32 Å². The number of hydrogen-bond donors (Lipinski definition) is 1. The molecule has 5 nitrogen and oxygen atoms in total. The molecular formula is C15H13Cl2N2O3P. The minimum Gasteiger partial charge on any atom is -0.415 e.